The van der Waals surface area contributed by atoms with Gasteiger partial charge in [0.25, 0.3) is 0 Å². The first-order valence-electron chi connectivity index (χ1n) is 3.56. The molecular weight excluding hydrogens is 180 g/mol. The summed E-state index contributed by atoms with van der Waals surface area (Å²) in [5.41, 5.74) is 0.863. The molecule has 0 aliphatic rings. The Morgan fingerprint density at radius 2 is 2.42 bits per heavy atom. The molecule has 0 unspecified atom stereocenters. The Hall–Kier alpha value is -0.960. The summed E-state index contributed by atoms with van der Waals surface area (Å²) in [6, 6.07) is 1.65. The fraction of sp³-hybridized carbons (Fsp3) is 0.375. The summed E-state index contributed by atoms with van der Waals surface area (Å²) in [6.07, 6.45) is 0.577. The lowest BCUT2D eigenvalue weighted by Crippen LogP contribution is -1.97. The molecule has 3 nitrogen and oxygen atoms in total. The average molecular weight is 189 g/mol. The summed E-state index contributed by atoms with van der Waals surface area (Å²) in [4.78, 5) is 10.2. The van der Waals surface area contributed by atoms with Crippen LogP contribution in [-0.2, 0) is 11.2 Å². The van der Waals surface area contributed by atoms with Gasteiger partial charge in [-0.3, -0.25) is 4.79 Å². The van der Waals surface area contributed by atoms with Gasteiger partial charge in [-0.05, 0) is 36.6 Å². The second-order valence-electron chi connectivity index (χ2n) is 2.53. The Balaban J connectivity index is 2.62. The third kappa shape index (κ3) is 2.27. The molecule has 12 heavy (non-hydrogen) atoms. The minimum atomic E-state index is -0.813. The first kappa shape index (κ1) is 9.13. The summed E-state index contributed by atoms with van der Waals surface area (Å²) in [5, 5.41) is 8.72. The molecule has 0 atom stereocenters. The molecule has 0 fully saturated rings. The van der Waals surface area contributed by atoms with Gasteiger partial charge in [-0.2, -0.15) is 0 Å². The number of aryl methyl sites for hydroxylation is 2. The molecule has 1 heterocycles. The first-order chi connectivity index (χ1) is 5.59. The van der Waals surface area contributed by atoms with Crippen molar-refractivity contribution in [1.82, 2.24) is 0 Å². The van der Waals surface area contributed by atoms with Crippen molar-refractivity contribution in [1.29, 1.82) is 0 Å². The van der Waals surface area contributed by atoms with E-state index in [0.717, 1.165) is 5.56 Å². The number of furan rings is 1. The predicted octanol–water partition coefficient (Wildman–Crippen LogP) is 2.26. The number of carboxylic acids is 1. The largest absolute Gasteiger partial charge is 0.481 e. The second kappa shape index (κ2) is 3.63. The number of hydrogen-bond donors (Lipinski definition) is 1. The van der Waals surface area contributed by atoms with E-state index in [1.165, 1.54) is 0 Å². The standard InChI is InChI=1S/C8H9ClO3/c1-5-6(2-3-8(10)11)4-7(9)12-5/h4H,2-3H2,1H3,(H,10,11). The number of hydrogen-bond acceptors (Lipinski definition) is 2. The SMILES string of the molecule is Cc1oc(Cl)cc1CCC(=O)O. The van der Waals surface area contributed by atoms with Crippen molar-refractivity contribution in [3.05, 3.63) is 22.6 Å². The average Bonchev–Trinajstić information content (AvgIpc) is 2.26. The summed E-state index contributed by atoms with van der Waals surface area (Å²) < 4.78 is 5.02. The van der Waals surface area contributed by atoms with Crippen molar-refractivity contribution in [3.8, 4) is 0 Å². The van der Waals surface area contributed by atoms with Crippen LogP contribution in [0.5, 0.6) is 0 Å². The van der Waals surface area contributed by atoms with Gasteiger partial charge in [0.2, 0.25) is 0 Å². The topological polar surface area (TPSA) is 50.4 Å². The second-order valence-corrected chi connectivity index (χ2v) is 2.90. The van der Waals surface area contributed by atoms with Crippen molar-refractivity contribution in [2.75, 3.05) is 0 Å². The highest BCUT2D eigenvalue weighted by molar-refractivity contribution is 6.28. The van der Waals surface area contributed by atoms with Gasteiger partial charge in [-0.15, -0.1) is 0 Å². The van der Waals surface area contributed by atoms with Crippen LogP contribution in [0.3, 0.4) is 0 Å². The van der Waals surface area contributed by atoms with E-state index in [1.807, 2.05) is 0 Å². The van der Waals surface area contributed by atoms with E-state index >= 15 is 0 Å². The molecule has 0 aliphatic heterocycles. The Morgan fingerprint density at radius 3 is 2.83 bits per heavy atom. The van der Waals surface area contributed by atoms with Crippen LogP contribution in [0.1, 0.15) is 17.7 Å². The summed E-state index contributed by atoms with van der Waals surface area (Å²) in [5.74, 6) is -0.118. The molecule has 0 saturated heterocycles. The van der Waals surface area contributed by atoms with Crippen molar-refractivity contribution in [3.63, 3.8) is 0 Å². The fourth-order valence-electron chi connectivity index (χ4n) is 0.970. The van der Waals surface area contributed by atoms with Crippen LogP contribution in [0.15, 0.2) is 10.5 Å². The van der Waals surface area contributed by atoms with E-state index in [0.29, 0.717) is 17.4 Å². The summed E-state index contributed by atoms with van der Waals surface area (Å²) >= 11 is 5.57. The van der Waals surface area contributed by atoms with E-state index in [9.17, 15) is 4.79 Å². The van der Waals surface area contributed by atoms with Crippen LogP contribution < -0.4 is 0 Å². The maximum absolute atomic E-state index is 10.2. The van der Waals surface area contributed by atoms with Crippen LogP contribution in [0.2, 0.25) is 5.22 Å². The van der Waals surface area contributed by atoms with Gasteiger partial charge >= 0.3 is 5.97 Å². The molecule has 0 aliphatic carbocycles. The molecule has 0 saturated carbocycles. The normalized spacial score (nSPS) is 10.2. The number of rotatable bonds is 3. The minimum absolute atomic E-state index is 0.108. The molecule has 4 heteroatoms. The van der Waals surface area contributed by atoms with Gasteiger partial charge in [0.05, 0.1) is 0 Å². The van der Waals surface area contributed by atoms with Crippen LogP contribution in [0, 0.1) is 6.92 Å². The fourth-order valence-corrected chi connectivity index (χ4v) is 1.22. The number of aliphatic carboxylic acids is 1. The van der Waals surface area contributed by atoms with Crippen molar-refractivity contribution >= 4 is 17.6 Å². The predicted molar refractivity (Wildman–Crippen MR) is 44.4 cm³/mol. The highest BCUT2D eigenvalue weighted by Crippen LogP contribution is 2.19. The van der Waals surface area contributed by atoms with Crippen molar-refractivity contribution in [2.45, 2.75) is 19.8 Å². The molecule has 1 aromatic heterocycles. The van der Waals surface area contributed by atoms with Crippen molar-refractivity contribution in [2.24, 2.45) is 0 Å². The smallest absolute Gasteiger partial charge is 0.303 e. The molecule has 0 radical (unpaired) electrons. The van der Waals surface area contributed by atoms with E-state index in [1.54, 1.807) is 13.0 Å². The molecule has 0 aromatic carbocycles. The van der Waals surface area contributed by atoms with E-state index in [-0.39, 0.29) is 6.42 Å². The van der Waals surface area contributed by atoms with Crippen LogP contribution in [-0.4, -0.2) is 11.1 Å². The molecule has 0 bridgehead atoms. The molecule has 0 spiro atoms. The first-order valence-corrected chi connectivity index (χ1v) is 3.94. The highest BCUT2D eigenvalue weighted by atomic mass is 35.5. The molecule has 0 amide bonds. The number of halogens is 1. The Kier molecular flexibility index (Phi) is 2.76. The van der Waals surface area contributed by atoms with E-state index in [4.69, 9.17) is 21.1 Å². The van der Waals surface area contributed by atoms with Gasteiger partial charge in [0, 0.05) is 6.42 Å². The molecule has 1 rings (SSSR count). The maximum atomic E-state index is 10.2. The monoisotopic (exact) mass is 188 g/mol. The zero-order valence-corrected chi connectivity index (χ0v) is 7.39. The lowest BCUT2D eigenvalue weighted by Gasteiger charge is -1.93. The Morgan fingerprint density at radius 1 is 1.75 bits per heavy atom. The quantitative estimate of drug-likeness (QED) is 0.792. The molecule has 1 aromatic rings. The zero-order valence-electron chi connectivity index (χ0n) is 6.63. The Bertz CT molecular complexity index is 290. The van der Waals surface area contributed by atoms with Crippen LogP contribution in [0.4, 0.5) is 0 Å². The van der Waals surface area contributed by atoms with Gasteiger partial charge in [0.15, 0.2) is 5.22 Å². The van der Waals surface area contributed by atoms with Crippen LogP contribution >= 0.6 is 11.6 Å². The van der Waals surface area contributed by atoms with Gasteiger partial charge in [-0.25, -0.2) is 0 Å². The molecular formula is C8H9ClO3. The molecule has 66 valence electrons. The van der Waals surface area contributed by atoms with Crippen LogP contribution in [0.25, 0.3) is 0 Å². The maximum Gasteiger partial charge on any atom is 0.303 e. The van der Waals surface area contributed by atoms with Gasteiger partial charge in [0.1, 0.15) is 5.76 Å². The Labute approximate surface area is 74.9 Å². The minimum Gasteiger partial charge on any atom is -0.481 e. The number of carboxylic acid groups (broad SMARTS) is 1. The highest BCUT2D eigenvalue weighted by Gasteiger charge is 2.06. The number of carbonyl (C=O) groups is 1. The van der Waals surface area contributed by atoms with Crippen molar-refractivity contribution < 1.29 is 14.3 Å². The lowest BCUT2D eigenvalue weighted by molar-refractivity contribution is -0.136. The van der Waals surface area contributed by atoms with E-state index in [2.05, 4.69) is 0 Å². The molecule has 1 N–H and O–H groups in total. The third-order valence-electron chi connectivity index (χ3n) is 1.60. The lowest BCUT2D eigenvalue weighted by atomic mass is 10.1. The summed E-state index contributed by atoms with van der Waals surface area (Å²) in [6.45, 7) is 1.77. The van der Waals surface area contributed by atoms with Gasteiger partial charge < -0.3 is 9.52 Å². The third-order valence-corrected chi connectivity index (χ3v) is 1.78. The zero-order chi connectivity index (χ0) is 9.14. The van der Waals surface area contributed by atoms with Gasteiger partial charge in [-0.1, -0.05) is 0 Å². The van der Waals surface area contributed by atoms with E-state index < -0.39 is 5.97 Å². The summed E-state index contributed by atoms with van der Waals surface area (Å²) in [7, 11) is 0.